The number of aliphatic carboxylic acids is 1. The molecule has 126 valence electrons. The summed E-state index contributed by atoms with van der Waals surface area (Å²) in [6.45, 7) is 4.23. The molecule has 0 bridgehead atoms. The molecule has 0 atom stereocenters. The van der Waals surface area contributed by atoms with Crippen LogP contribution in [0.1, 0.15) is 27.0 Å². The molecule has 0 aliphatic carbocycles. The lowest BCUT2D eigenvalue weighted by Crippen LogP contribution is -2.26. The van der Waals surface area contributed by atoms with E-state index in [9.17, 15) is 9.59 Å². The molecule has 0 saturated heterocycles. The third-order valence-corrected chi connectivity index (χ3v) is 3.76. The molecule has 1 amide bonds. The first-order valence-corrected chi connectivity index (χ1v) is 7.75. The fourth-order valence-electron chi connectivity index (χ4n) is 2.52. The number of hydrogen-bond acceptors (Lipinski definition) is 3. The number of ether oxygens (including phenoxy) is 1. The summed E-state index contributed by atoms with van der Waals surface area (Å²) >= 11 is 0. The van der Waals surface area contributed by atoms with E-state index in [0.717, 1.165) is 6.42 Å². The molecule has 2 aromatic carbocycles. The molecule has 0 aliphatic rings. The number of hydrogen-bond donors (Lipinski definition) is 2. The van der Waals surface area contributed by atoms with Crippen LogP contribution in [0.4, 0.5) is 0 Å². The molecule has 0 aromatic heterocycles. The van der Waals surface area contributed by atoms with E-state index < -0.39 is 12.6 Å². The second kappa shape index (κ2) is 8.15. The van der Waals surface area contributed by atoms with E-state index in [1.807, 2.05) is 6.07 Å². The second-order valence-electron chi connectivity index (χ2n) is 5.59. The summed E-state index contributed by atoms with van der Waals surface area (Å²) in [5, 5.41) is 11.5. The van der Waals surface area contributed by atoms with Crippen molar-refractivity contribution in [2.45, 2.75) is 20.3 Å². The number of carboxylic acids is 1. The van der Waals surface area contributed by atoms with Gasteiger partial charge in [0.1, 0.15) is 5.75 Å². The van der Waals surface area contributed by atoms with Crippen molar-refractivity contribution in [1.29, 1.82) is 0 Å². The molecule has 2 rings (SSSR count). The van der Waals surface area contributed by atoms with Gasteiger partial charge in [-0.1, -0.05) is 24.3 Å². The van der Waals surface area contributed by atoms with Crippen LogP contribution < -0.4 is 10.1 Å². The van der Waals surface area contributed by atoms with Crippen LogP contribution >= 0.6 is 0 Å². The zero-order valence-corrected chi connectivity index (χ0v) is 13.8. The standard InChI is InChI=1S/C19H21NO4/c1-13-5-3-6-14(2)17(13)9-10-20-19(23)15-7-4-8-16(11-15)24-12-18(21)22/h3-8,11H,9-10,12H2,1-2H3,(H,20,23)(H,21,22). The van der Waals surface area contributed by atoms with Crippen molar-refractivity contribution >= 4 is 11.9 Å². The van der Waals surface area contributed by atoms with Crippen molar-refractivity contribution in [1.82, 2.24) is 5.32 Å². The third kappa shape index (κ3) is 4.84. The smallest absolute Gasteiger partial charge is 0.341 e. The van der Waals surface area contributed by atoms with Gasteiger partial charge in [-0.3, -0.25) is 4.79 Å². The summed E-state index contributed by atoms with van der Waals surface area (Å²) in [4.78, 5) is 22.7. The Kier molecular flexibility index (Phi) is 5.95. The van der Waals surface area contributed by atoms with Gasteiger partial charge in [-0.25, -0.2) is 4.79 Å². The van der Waals surface area contributed by atoms with Crippen LogP contribution in [0, 0.1) is 13.8 Å². The topological polar surface area (TPSA) is 75.6 Å². The summed E-state index contributed by atoms with van der Waals surface area (Å²) in [5.41, 5.74) is 4.12. The van der Waals surface area contributed by atoms with E-state index in [1.54, 1.807) is 18.2 Å². The maximum atomic E-state index is 12.2. The minimum absolute atomic E-state index is 0.206. The van der Waals surface area contributed by atoms with Crippen LogP contribution in [0.15, 0.2) is 42.5 Å². The minimum atomic E-state index is -1.06. The normalized spacial score (nSPS) is 10.2. The van der Waals surface area contributed by atoms with E-state index in [2.05, 4.69) is 31.3 Å². The number of carboxylic acid groups (broad SMARTS) is 1. The molecule has 0 fully saturated rings. The Labute approximate surface area is 141 Å². The van der Waals surface area contributed by atoms with Crippen LogP contribution in [0.5, 0.6) is 5.75 Å². The SMILES string of the molecule is Cc1cccc(C)c1CCNC(=O)c1cccc(OCC(=O)O)c1. The minimum Gasteiger partial charge on any atom is -0.482 e. The Bertz CT molecular complexity index is 720. The first-order valence-electron chi connectivity index (χ1n) is 7.75. The fraction of sp³-hybridized carbons (Fsp3) is 0.263. The van der Waals surface area contributed by atoms with Crippen molar-refractivity contribution in [3.8, 4) is 5.75 Å². The van der Waals surface area contributed by atoms with Gasteiger partial charge < -0.3 is 15.2 Å². The molecule has 24 heavy (non-hydrogen) atoms. The summed E-state index contributed by atoms with van der Waals surface area (Å²) in [5.74, 6) is -0.903. The molecule has 0 spiro atoms. The van der Waals surface area contributed by atoms with Gasteiger partial charge in [0.15, 0.2) is 6.61 Å². The van der Waals surface area contributed by atoms with Crippen molar-refractivity contribution in [2.24, 2.45) is 0 Å². The first-order chi connectivity index (χ1) is 11.5. The molecular formula is C19H21NO4. The number of benzene rings is 2. The first kappa shape index (κ1) is 17.5. The van der Waals surface area contributed by atoms with Gasteiger partial charge in [0.2, 0.25) is 0 Å². The number of rotatable bonds is 7. The molecule has 0 aliphatic heterocycles. The van der Waals surface area contributed by atoms with Crippen molar-refractivity contribution in [3.63, 3.8) is 0 Å². The molecule has 0 saturated carbocycles. The number of amides is 1. The predicted molar refractivity (Wildman–Crippen MR) is 91.5 cm³/mol. The third-order valence-electron chi connectivity index (χ3n) is 3.76. The second-order valence-corrected chi connectivity index (χ2v) is 5.59. The highest BCUT2D eigenvalue weighted by Gasteiger charge is 2.08. The lowest BCUT2D eigenvalue weighted by Gasteiger charge is -2.11. The van der Waals surface area contributed by atoms with Gasteiger partial charge in [-0.2, -0.15) is 0 Å². The number of carbonyl (C=O) groups excluding carboxylic acids is 1. The van der Waals surface area contributed by atoms with Gasteiger partial charge in [0.05, 0.1) is 0 Å². The summed E-state index contributed by atoms with van der Waals surface area (Å²) in [7, 11) is 0. The van der Waals surface area contributed by atoms with Crippen LogP contribution in [-0.4, -0.2) is 30.1 Å². The lowest BCUT2D eigenvalue weighted by molar-refractivity contribution is -0.139. The zero-order valence-electron chi connectivity index (χ0n) is 13.8. The van der Waals surface area contributed by atoms with E-state index in [1.165, 1.54) is 22.8 Å². The zero-order chi connectivity index (χ0) is 17.5. The Morgan fingerprint density at radius 2 is 1.75 bits per heavy atom. The number of nitrogens with one attached hydrogen (secondary N) is 1. The van der Waals surface area contributed by atoms with E-state index in [0.29, 0.717) is 17.9 Å². The van der Waals surface area contributed by atoms with Crippen LogP contribution in [0.2, 0.25) is 0 Å². The number of aryl methyl sites for hydroxylation is 2. The lowest BCUT2D eigenvalue weighted by atomic mass is 10.0. The van der Waals surface area contributed by atoms with Crippen molar-refractivity contribution in [3.05, 3.63) is 64.7 Å². The largest absolute Gasteiger partial charge is 0.482 e. The van der Waals surface area contributed by atoms with Crippen LogP contribution in [0.3, 0.4) is 0 Å². The highest BCUT2D eigenvalue weighted by atomic mass is 16.5. The van der Waals surface area contributed by atoms with Crippen molar-refractivity contribution < 1.29 is 19.4 Å². The molecule has 0 radical (unpaired) electrons. The predicted octanol–water partition coefficient (Wildman–Crippen LogP) is 2.74. The van der Waals surface area contributed by atoms with Crippen LogP contribution in [-0.2, 0) is 11.2 Å². The van der Waals surface area contributed by atoms with Crippen molar-refractivity contribution in [2.75, 3.05) is 13.2 Å². The maximum absolute atomic E-state index is 12.2. The molecule has 5 heteroatoms. The summed E-state index contributed by atoms with van der Waals surface area (Å²) < 4.78 is 5.08. The quantitative estimate of drug-likeness (QED) is 0.820. The van der Waals surface area contributed by atoms with Gasteiger partial charge in [-0.15, -0.1) is 0 Å². The Hall–Kier alpha value is -2.82. The fourth-order valence-corrected chi connectivity index (χ4v) is 2.52. The highest BCUT2D eigenvalue weighted by Crippen LogP contribution is 2.15. The number of carbonyl (C=O) groups is 2. The molecule has 2 aromatic rings. The van der Waals surface area contributed by atoms with Gasteiger partial charge in [0, 0.05) is 12.1 Å². The Morgan fingerprint density at radius 3 is 2.42 bits per heavy atom. The Morgan fingerprint density at radius 1 is 1.08 bits per heavy atom. The maximum Gasteiger partial charge on any atom is 0.341 e. The van der Waals surface area contributed by atoms with Gasteiger partial charge >= 0.3 is 5.97 Å². The average molecular weight is 327 g/mol. The molecular weight excluding hydrogens is 306 g/mol. The average Bonchev–Trinajstić information content (AvgIpc) is 2.56. The van der Waals surface area contributed by atoms with Crippen LogP contribution in [0.25, 0.3) is 0 Å². The van der Waals surface area contributed by atoms with E-state index >= 15 is 0 Å². The molecule has 0 unspecified atom stereocenters. The van der Waals surface area contributed by atoms with Gasteiger partial charge in [0.25, 0.3) is 5.91 Å². The molecule has 2 N–H and O–H groups in total. The summed E-state index contributed by atoms with van der Waals surface area (Å²) in [6, 6.07) is 12.6. The highest BCUT2D eigenvalue weighted by molar-refractivity contribution is 5.94. The van der Waals surface area contributed by atoms with Gasteiger partial charge in [-0.05, 0) is 55.2 Å². The molecule has 0 heterocycles. The summed E-state index contributed by atoms with van der Waals surface area (Å²) in [6.07, 6.45) is 0.763. The Balaban J connectivity index is 1.93. The molecule has 5 nitrogen and oxygen atoms in total. The van der Waals surface area contributed by atoms with E-state index in [4.69, 9.17) is 9.84 Å². The van der Waals surface area contributed by atoms with E-state index in [-0.39, 0.29) is 5.91 Å². The monoisotopic (exact) mass is 327 g/mol.